The Morgan fingerprint density at radius 3 is 2.71 bits per heavy atom. The number of rotatable bonds is 3. The molecule has 1 atom stereocenters. The number of urea groups is 1. The van der Waals surface area contributed by atoms with Gasteiger partial charge in [-0.2, -0.15) is 0 Å². The van der Waals surface area contributed by atoms with E-state index in [-0.39, 0.29) is 24.1 Å². The predicted octanol–water partition coefficient (Wildman–Crippen LogP) is 3.76. The Morgan fingerprint density at radius 2 is 2.08 bits per heavy atom. The number of hydrogen-bond donors (Lipinski definition) is 2. The van der Waals surface area contributed by atoms with Crippen molar-refractivity contribution in [2.45, 2.75) is 57.9 Å². The second-order valence-corrected chi connectivity index (χ2v) is 7.47. The predicted molar refractivity (Wildman–Crippen MR) is 96.8 cm³/mol. The molecule has 0 radical (unpaired) electrons. The monoisotopic (exact) mass is 334 g/mol. The van der Waals surface area contributed by atoms with Crippen LogP contribution in [0.5, 0.6) is 5.75 Å². The van der Waals surface area contributed by atoms with E-state index in [1.54, 1.807) is 12.0 Å². The molecular formula is C19H30N2O3. The fourth-order valence-electron chi connectivity index (χ4n) is 3.09. The number of nitrogens with zero attached hydrogens (tertiary/aromatic N) is 1. The third kappa shape index (κ3) is 4.41. The van der Waals surface area contributed by atoms with Gasteiger partial charge in [0.1, 0.15) is 5.75 Å². The van der Waals surface area contributed by atoms with Crippen LogP contribution in [0.2, 0.25) is 0 Å². The maximum atomic E-state index is 12.8. The number of carbonyl (C=O) groups is 1. The molecule has 1 saturated heterocycles. The number of ether oxygens (including phenoxy) is 1. The molecule has 0 unspecified atom stereocenters. The second-order valence-electron chi connectivity index (χ2n) is 7.47. The molecule has 0 aromatic heterocycles. The zero-order chi connectivity index (χ0) is 17.7. The van der Waals surface area contributed by atoms with Crippen LogP contribution >= 0.6 is 0 Å². The number of carbonyl (C=O) groups excluding carboxylic acids is 1. The molecule has 134 valence electrons. The van der Waals surface area contributed by atoms with Gasteiger partial charge in [0, 0.05) is 6.54 Å². The number of anilines is 1. The highest BCUT2D eigenvalue weighted by Gasteiger charge is 2.26. The molecule has 1 aromatic rings. The molecule has 0 saturated carbocycles. The zero-order valence-corrected chi connectivity index (χ0v) is 15.3. The van der Waals surface area contributed by atoms with Crippen molar-refractivity contribution in [1.29, 1.82) is 0 Å². The summed E-state index contributed by atoms with van der Waals surface area (Å²) in [5.41, 5.74) is 1.80. The smallest absolute Gasteiger partial charge is 0.322 e. The first kappa shape index (κ1) is 18.6. The number of nitrogens with one attached hydrogen (secondary N) is 1. The van der Waals surface area contributed by atoms with E-state index in [4.69, 9.17) is 4.74 Å². The summed E-state index contributed by atoms with van der Waals surface area (Å²) in [4.78, 5) is 14.5. The standard InChI is InChI=1S/C19H30N2O3/c1-19(2,3)14-9-10-17(24-4)16(12-14)20-18(23)21-11-7-5-6-8-15(21)13-22/h9-10,12,15,22H,5-8,11,13H2,1-4H3,(H,20,23)/t15-/m1/s1. The van der Waals surface area contributed by atoms with E-state index >= 15 is 0 Å². The van der Waals surface area contributed by atoms with Gasteiger partial charge in [-0.05, 0) is 36.0 Å². The highest BCUT2D eigenvalue weighted by Crippen LogP contribution is 2.32. The van der Waals surface area contributed by atoms with Crippen molar-refractivity contribution in [3.63, 3.8) is 0 Å². The molecule has 1 aliphatic rings. The molecule has 1 fully saturated rings. The molecule has 0 bridgehead atoms. The Hall–Kier alpha value is -1.75. The highest BCUT2D eigenvalue weighted by molar-refractivity contribution is 5.91. The van der Waals surface area contributed by atoms with Crippen molar-refractivity contribution in [3.05, 3.63) is 23.8 Å². The summed E-state index contributed by atoms with van der Waals surface area (Å²) < 4.78 is 5.40. The van der Waals surface area contributed by atoms with Crippen LogP contribution in [0.15, 0.2) is 18.2 Å². The van der Waals surface area contributed by atoms with E-state index in [1.165, 1.54) is 0 Å². The SMILES string of the molecule is COc1ccc(C(C)(C)C)cc1NC(=O)N1CCCCC[C@@H]1CO. The molecule has 5 nitrogen and oxygen atoms in total. The van der Waals surface area contributed by atoms with Crippen molar-refractivity contribution < 1.29 is 14.6 Å². The van der Waals surface area contributed by atoms with Crippen LogP contribution in [0.4, 0.5) is 10.5 Å². The number of amides is 2. The third-order valence-electron chi connectivity index (χ3n) is 4.66. The van der Waals surface area contributed by atoms with Gasteiger partial charge in [0.05, 0.1) is 25.4 Å². The third-order valence-corrected chi connectivity index (χ3v) is 4.66. The van der Waals surface area contributed by atoms with Gasteiger partial charge in [-0.25, -0.2) is 4.79 Å². The van der Waals surface area contributed by atoms with Gasteiger partial charge in [0.25, 0.3) is 0 Å². The number of likely N-dealkylation sites (tertiary alicyclic amines) is 1. The lowest BCUT2D eigenvalue weighted by Gasteiger charge is -2.29. The Bertz CT molecular complexity index is 566. The first-order chi connectivity index (χ1) is 11.4. The molecule has 1 heterocycles. The van der Waals surface area contributed by atoms with Crippen LogP contribution in [0.25, 0.3) is 0 Å². The van der Waals surface area contributed by atoms with E-state index in [1.807, 2.05) is 18.2 Å². The number of benzene rings is 1. The molecular weight excluding hydrogens is 304 g/mol. The minimum absolute atomic E-state index is 0.00653. The van der Waals surface area contributed by atoms with Crippen LogP contribution < -0.4 is 10.1 Å². The lowest BCUT2D eigenvalue weighted by atomic mass is 9.87. The molecule has 1 aliphatic heterocycles. The number of methoxy groups -OCH3 is 1. The van der Waals surface area contributed by atoms with Crippen LogP contribution in [0, 0.1) is 0 Å². The van der Waals surface area contributed by atoms with Crippen LogP contribution in [-0.4, -0.2) is 42.3 Å². The topological polar surface area (TPSA) is 61.8 Å². The molecule has 24 heavy (non-hydrogen) atoms. The summed E-state index contributed by atoms with van der Waals surface area (Å²) in [6, 6.07) is 5.62. The van der Waals surface area contributed by atoms with Crippen LogP contribution in [-0.2, 0) is 5.41 Å². The maximum Gasteiger partial charge on any atom is 0.322 e. The Morgan fingerprint density at radius 1 is 1.33 bits per heavy atom. The zero-order valence-electron chi connectivity index (χ0n) is 15.3. The fraction of sp³-hybridized carbons (Fsp3) is 0.632. The maximum absolute atomic E-state index is 12.8. The molecule has 0 spiro atoms. The van der Waals surface area contributed by atoms with Gasteiger partial charge in [-0.3, -0.25) is 0 Å². The van der Waals surface area contributed by atoms with Crippen molar-refractivity contribution in [1.82, 2.24) is 4.90 Å². The molecule has 5 heteroatoms. The van der Waals surface area contributed by atoms with Crippen molar-refractivity contribution in [2.24, 2.45) is 0 Å². The summed E-state index contributed by atoms with van der Waals surface area (Å²) in [6.07, 6.45) is 3.98. The largest absolute Gasteiger partial charge is 0.495 e. The van der Waals surface area contributed by atoms with Gasteiger partial charge >= 0.3 is 6.03 Å². The number of aliphatic hydroxyl groups is 1. The molecule has 1 aromatic carbocycles. The van der Waals surface area contributed by atoms with Gasteiger partial charge in [-0.1, -0.05) is 39.7 Å². The minimum atomic E-state index is -0.166. The van der Waals surface area contributed by atoms with Crippen LogP contribution in [0.3, 0.4) is 0 Å². The Kier molecular flexibility index (Phi) is 6.10. The lowest BCUT2D eigenvalue weighted by Crippen LogP contribution is -2.44. The highest BCUT2D eigenvalue weighted by atomic mass is 16.5. The average molecular weight is 334 g/mol. The molecule has 2 N–H and O–H groups in total. The molecule has 2 amide bonds. The van der Waals surface area contributed by atoms with Crippen molar-refractivity contribution in [3.8, 4) is 5.75 Å². The quantitative estimate of drug-likeness (QED) is 0.885. The minimum Gasteiger partial charge on any atom is -0.495 e. The molecule has 0 aliphatic carbocycles. The van der Waals surface area contributed by atoms with Gasteiger partial charge in [0.15, 0.2) is 0 Å². The summed E-state index contributed by atoms with van der Waals surface area (Å²) in [7, 11) is 1.60. The first-order valence-corrected chi connectivity index (χ1v) is 8.74. The van der Waals surface area contributed by atoms with Crippen molar-refractivity contribution >= 4 is 11.7 Å². The normalized spacial score (nSPS) is 18.9. The van der Waals surface area contributed by atoms with E-state index in [9.17, 15) is 9.90 Å². The van der Waals surface area contributed by atoms with E-state index < -0.39 is 0 Å². The first-order valence-electron chi connectivity index (χ1n) is 8.74. The number of aliphatic hydroxyl groups excluding tert-OH is 1. The summed E-state index contributed by atoms with van der Waals surface area (Å²) >= 11 is 0. The fourth-order valence-corrected chi connectivity index (χ4v) is 3.09. The van der Waals surface area contributed by atoms with E-state index in [0.29, 0.717) is 18.0 Å². The Balaban J connectivity index is 2.23. The van der Waals surface area contributed by atoms with Crippen LogP contribution in [0.1, 0.15) is 52.0 Å². The second kappa shape index (κ2) is 7.88. The average Bonchev–Trinajstić information content (AvgIpc) is 2.79. The Labute approximate surface area is 145 Å². The van der Waals surface area contributed by atoms with Gasteiger partial charge in [-0.15, -0.1) is 0 Å². The van der Waals surface area contributed by atoms with E-state index in [0.717, 1.165) is 31.2 Å². The van der Waals surface area contributed by atoms with Gasteiger partial charge in [0.2, 0.25) is 0 Å². The summed E-state index contributed by atoms with van der Waals surface area (Å²) in [5, 5.41) is 12.6. The lowest BCUT2D eigenvalue weighted by molar-refractivity contribution is 0.142. The van der Waals surface area contributed by atoms with Gasteiger partial charge < -0.3 is 20.1 Å². The molecule has 2 rings (SSSR count). The summed E-state index contributed by atoms with van der Waals surface area (Å²) in [5.74, 6) is 0.645. The number of hydrogen-bond acceptors (Lipinski definition) is 3. The summed E-state index contributed by atoms with van der Waals surface area (Å²) in [6.45, 7) is 7.09. The van der Waals surface area contributed by atoms with Crippen molar-refractivity contribution in [2.75, 3.05) is 25.6 Å². The van der Waals surface area contributed by atoms with E-state index in [2.05, 4.69) is 26.1 Å².